The molecule has 1 saturated heterocycles. The predicted octanol–water partition coefficient (Wildman–Crippen LogP) is 2.74. The molecule has 0 radical (unpaired) electrons. The van der Waals surface area contributed by atoms with Crippen molar-refractivity contribution in [3.8, 4) is 17.2 Å². The lowest BCUT2D eigenvalue weighted by Crippen LogP contribution is -2.29. The molecule has 9 heteroatoms. The van der Waals surface area contributed by atoms with Crippen molar-refractivity contribution in [3.05, 3.63) is 47.5 Å². The maximum atomic E-state index is 13.0. The molecule has 8 nitrogen and oxygen atoms in total. The number of fused-ring (bicyclic) bond motifs is 1. The van der Waals surface area contributed by atoms with Gasteiger partial charge in [0.1, 0.15) is 19.0 Å². The van der Waals surface area contributed by atoms with E-state index in [1.165, 1.54) is 29.6 Å². The topological polar surface area (TPSA) is 94.2 Å². The number of nitrogens with zero attached hydrogens (tertiary/aromatic N) is 1. The molecule has 0 aromatic heterocycles. The molecule has 2 aliphatic heterocycles. The van der Waals surface area contributed by atoms with E-state index in [1.54, 1.807) is 0 Å². The molecule has 2 heterocycles. The summed E-state index contributed by atoms with van der Waals surface area (Å²) >= 11 is 0. The summed E-state index contributed by atoms with van der Waals surface area (Å²) in [5.41, 5.74) is 1.02. The van der Waals surface area contributed by atoms with E-state index in [9.17, 15) is 13.2 Å². The number of hydrogen-bond donors (Lipinski definition) is 1. The zero-order valence-electron chi connectivity index (χ0n) is 17.6. The van der Waals surface area contributed by atoms with E-state index >= 15 is 0 Å². The van der Waals surface area contributed by atoms with Gasteiger partial charge in [-0.15, -0.1) is 0 Å². The molecule has 1 fully saturated rings. The fourth-order valence-corrected chi connectivity index (χ4v) is 5.33. The van der Waals surface area contributed by atoms with Gasteiger partial charge in [-0.2, -0.15) is 4.31 Å². The lowest BCUT2D eigenvalue weighted by atomic mass is 10.1. The Morgan fingerprint density at radius 1 is 1.06 bits per heavy atom. The molecule has 1 N–H and O–H groups in total. The van der Waals surface area contributed by atoms with Gasteiger partial charge in [-0.25, -0.2) is 8.42 Å². The number of carbonyl (C=O) groups excluding carboxylic acids is 1. The maximum Gasteiger partial charge on any atom is 0.255 e. The smallest absolute Gasteiger partial charge is 0.255 e. The van der Waals surface area contributed by atoms with Gasteiger partial charge < -0.3 is 19.5 Å². The Morgan fingerprint density at radius 2 is 1.77 bits per heavy atom. The Bertz CT molecular complexity index is 1080. The molecule has 2 aliphatic rings. The summed E-state index contributed by atoms with van der Waals surface area (Å²) in [6.45, 7) is 3.83. The summed E-state index contributed by atoms with van der Waals surface area (Å²) in [6.07, 6.45) is 1.69. The summed E-state index contributed by atoms with van der Waals surface area (Å²) in [4.78, 5) is 13.1. The fourth-order valence-electron chi connectivity index (χ4n) is 3.79. The average molecular weight is 447 g/mol. The van der Waals surface area contributed by atoms with Gasteiger partial charge >= 0.3 is 0 Å². The van der Waals surface area contributed by atoms with Crippen molar-refractivity contribution in [2.75, 3.05) is 33.4 Å². The van der Waals surface area contributed by atoms with Gasteiger partial charge in [0.2, 0.25) is 10.0 Å². The number of rotatable bonds is 6. The molecule has 0 spiro atoms. The van der Waals surface area contributed by atoms with E-state index < -0.39 is 15.9 Å². The monoisotopic (exact) mass is 446 g/mol. The van der Waals surface area contributed by atoms with Crippen LogP contribution in [0.5, 0.6) is 17.2 Å². The van der Waals surface area contributed by atoms with Crippen LogP contribution in [0, 0.1) is 0 Å². The quantitative estimate of drug-likeness (QED) is 0.733. The van der Waals surface area contributed by atoms with E-state index in [-0.39, 0.29) is 16.5 Å². The van der Waals surface area contributed by atoms with Crippen LogP contribution in [0.25, 0.3) is 0 Å². The van der Waals surface area contributed by atoms with Gasteiger partial charge in [-0.3, -0.25) is 4.79 Å². The van der Waals surface area contributed by atoms with Crippen LogP contribution in [-0.4, -0.2) is 52.0 Å². The Kier molecular flexibility index (Phi) is 6.06. The molecule has 2 aromatic carbocycles. The molecule has 0 unspecified atom stereocenters. The molecule has 166 valence electrons. The minimum atomic E-state index is -3.64. The van der Waals surface area contributed by atoms with Crippen LogP contribution in [0.1, 0.15) is 41.7 Å². The van der Waals surface area contributed by atoms with Crippen LogP contribution in [0.4, 0.5) is 0 Å². The van der Waals surface area contributed by atoms with E-state index in [0.29, 0.717) is 43.6 Å². The zero-order chi connectivity index (χ0) is 22.0. The number of methoxy groups -OCH3 is 1. The van der Waals surface area contributed by atoms with E-state index in [2.05, 4.69) is 5.32 Å². The van der Waals surface area contributed by atoms with Crippen LogP contribution < -0.4 is 19.5 Å². The van der Waals surface area contributed by atoms with Crippen molar-refractivity contribution in [1.82, 2.24) is 9.62 Å². The second-order valence-electron chi connectivity index (χ2n) is 7.57. The van der Waals surface area contributed by atoms with Crippen molar-refractivity contribution in [2.45, 2.75) is 30.7 Å². The van der Waals surface area contributed by atoms with Gasteiger partial charge in [-0.05, 0) is 55.7 Å². The first kappa shape index (κ1) is 21.5. The normalized spacial score (nSPS) is 17.2. The van der Waals surface area contributed by atoms with Gasteiger partial charge in [-0.1, -0.05) is 6.07 Å². The summed E-state index contributed by atoms with van der Waals surface area (Å²) in [6, 6.07) is 9.57. The lowest BCUT2D eigenvalue weighted by Gasteiger charge is -2.21. The summed E-state index contributed by atoms with van der Waals surface area (Å²) in [5.74, 6) is 1.21. The second-order valence-corrected chi connectivity index (χ2v) is 9.51. The molecule has 4 rings (SSSR count). The third kappa shape index (κ3) is 4.33. The molecule has 31 heavy (non-hydrogen) atoms. The number of hydrogen-bond acceptors (Lipinski definition) is 6. The molecule has 2 aromatic rings. The maximum absolute atomic E-state index is 13.0. The highest BCUT2D eigenvalue weighted by molar-refractivity contribution is 7.89. The molecule has 0 bridgehead atoms. The number of amides is 1. The van der Waals surface area contributed by atoms with Crippen molar-refractivity contribution in [3.63, 3.8) is 0 Å². The van der Waals surface area contributed by atoms with Crippen LogP contribution in [0.3, 0.4) is 0 Å². The van der Waals surface area contributed by atoms with Gasteiger partial charge in [0.05, 0.1) is 23.6 Å². The lowest BCUT2D eigenvalue weighted by molar-refractivity contribution is 0.0936. The Morgan fingerprint density at radius 3 is 2.48 bits per heavy atom. The number of benzene rings is 2. The summed E-state index contributed by atoms with van der Waals surface area (Å²) in [7, 11) is -2.19. The molecule has 0 aliphatic carbocycles. The Labute approximate surface area is 182 Å². The minimum Gasteiger partial charge on any atom is -0.496 e. The summed E-state index contributed by atoms with van der Waals surface area (Å²) in [5, 5.41) is 2.92. The number of ether oxygens (including phenoxy) is 3. The number of nitrogens with one attached hydrogen (secondary N) is 1. The van der Waals surface area contributed by atoms with E-state index in [0.717, 1.165) is 18.4 Å². The van der Waals surface area contributed by atoms with Crippen LogP contribution >= 0.6 is 0 Å². The first-order valence-electron chi connectivity index (χ1n) is 10.3. The van der Waals surface area contributed by atoms with E-state index in [4.69, 9.17) is 14.2 Å². The fraction of sp³-hybridized carbons (Fsp3) is 0.409. The first-order chi connectivity index (χ1) is 14.9. The van der Waals surface area contributed by atoms with Gasteiger partial charge in [0.15, 0.2) is 11.5 Å². The number of sulfonamides is 1. The van der Waals surface area contributed by atoms with Crippen molar-refractivity contribution in [2.24, 2.45) is 0 Å². The van der Waals surface area contributed by atoms with Gasteiger partial charge in [0, 0.05) is 13.1 Å². The SMILES string of the molecule is COc1ccc(S(=O)(=O)N2CCCC2)cc1C(=O)N[C@H](C)c1ccc2c(c1)OCCO2. The van der Waals surface area contributed by atoms with Crippen molar-refractivity contribution in [1.29, 1.82) is 0 Å². The van der Waals surface area contributed by atoms with E-state index in [1.807, 2.05) is 25.1 Å². The standard InChI is InChI=1S/C22H26N2O6S/c1-15(16-5-7-20-21(13-16)30-12-11-29-20)23-22(25)18-14-17(6-8-19(18)28-2)31(26,27)24-9-3-4-10-24/h5-8,13-15H,3-4,9-12H2,1-2H3,(H,23,25)/t15-/m1/s1. The Balaban J connectivity index is 1.57. The molecule has 0 saturated carbocycles. The van der Waals surface area contributed by atoms with Gasteiger partial charge in [0.25, 0.3) is 5.91 Å². The summed E-state index contributed by atoms with van der Waals surface area (Å²) < 4.78 is 43.8. The highest BCUT2D eigenvalue weighted by atomic mass is 32.2. The predicted molar refractivity (Wildman–Crippen MR) is 114 cm³/mol. The third-order valence-corrected chi connectivity index (χ3v) is 7.43. The van der Waals surface area contributed by atoms with Crippen LogP contribution in [-0.2, 0) is 10.0 Å². The average Bonchev–Trinajstić information content (AvgIpc) is 3.34. The van der Waals surface area contributed by atoms with Crippen molar-refractivity contribution < 1.29 is 27.4 Å². The third-order valence-electron chi connectivity index (χ3n) is 5.53. The molecule has 1 atom stereocenters. The molecular formula is C22H26N2O6S. The molecular weight excluding hydrogens is 420 g/mol. The minimum absolute atomic E-state index is 0.0901. The van der Waals surface area contributed by atoms with Crippen molar-refractivity contribution >= 4 is 15.9 Å². The highest BCUT2D eigenvalue weighted by Gasteiger charge is 2.29. The second kappa shape index (κ2) is 8.76. The number of carbonyl (C=O) groups is 1. The largest absolute Gasteiger partial charge is 0.496 e. The zero-order valence-corrected chi connectivity index (χ0v) is 18.4. The first-order valence-corrected chi connectivity index (χ1v) is 11.7. The molecule has 1 amide bonds. The highest BCUT2D eigenvalue weighted by Crippen LogP contribution is 2.33. The Hall–Kier alpha value is -2.78. The van der Waals surface area contributed by atoms with Crippen LogP contribution in [0.2, 0.25) is 0 Å². The van der Waals surface area contributed by atoms with Crippen LogP contribution in [0.15, 0.2) is 41.3 Å².